The zero-order valence-electron chi connectivity index (χ0n) is 16.8. The summed E-state index contributed by atoms with van der Waals surface area (Å²) < 4.78 is 14.5. The highest BCUT2D eigenvalue weighted by atomic mass is 16.5. The predicted octanol–water partition coefficient (Wildman–Crippen LogP) is 3.64. The van der Waals surface area contributed by atoms with Crippen LogP contribution >= 0.6 is 0 Å². The second kappa shape index (κ2) is 20.9. The number of Topliss-reactive ketones (excluding diaryl/α,β-unsaturated/α-hetero) is 3. The van der Waals surface area contributed by atoms with Crippen LogP contribution in [-0.4, -0.2) is 57.0 Å². The van der Waals surface area contributed by atoms with Gasteiger partial charge in [-0.15, -0.1) is 0 Å². The molecule has 0 heterocycles. The Morgan fingerprint density at radius 1 is 0.800 bits per heavy atom. The minimum absolute atomic E-state index is 0. The molecule has 25 heavy (non-hydrogen) atoms. The Bertz CT molecular complexity index is 337. The van der Waals surface area contributed by atoms with Crippen LogP contribution in [0.5, 0.6) is 0 Å². The molecule has 0 bridgehead atoms. The quantitative estimate of drug-likeness (QED) is 0.621. The topological polar surface area (TPSA) is 78.9 Å². The van der Waals surface area contributed by atoms with E-state index in [1.165, 1.54) is 14.0 Å². The van der Waals surface area contributed by atoms with Crippen LogP contribution in [0.2, 0.25) is 0 Å². The van der Waals surface area contributed by atoms with Crippen LogP contribution in [0.25, 0.3) is 0 Å². The lowest BCUT2D eigenvalue weighted by molar-refractivity contribution is -0.125. The van der Waals surface area contributed by atoms with Crippen molar-refractivity contribution < 1.29 is 28.6 Å². The fourth-order valence-electron chi connectivity index (χ4n) is 1.37. The molecule has 0 spiro atoms. The number of hydrogen-bond acceptors (Lipinski definition) is 6. The summed E-state index contributed by atoms with van der Waals surface area (Å²) in [5.41, 5.74) is 0. The molecular weight excluding hydrogens is 324 g/mol. The first-order valence-electron chi connectivity index (χ1n) is 8.13. The van der Waals surface area contributed by atoms with Crippen molar-refractivity contribution >= 4 is 17.3 Å². The van der Waals surface area contributed by atoms with Crippen LogP contribution < -0.4 is 0 Å². The predicted molar refractivity (Wildman–Crippen MR) is 102 cm³/mol. The molecule has 0 saturated heterocycles. The summed E-state index contributed by atoms with van der Waals surface area (Å²) in [7, 11) is 4.76. The van der Waals surface area contributed by atoms with Gasteiger partial charge >= 0.3 is 0 Å². The summed E-state index contributed by atoms with van der Waals surface area (Å²) in [5, 5.41) is 0. The molecule has 6 nitrogen and oxygen atoms in total. The highest BCUT2D eigenvalue weighted by Gasteiger charge is 2.05. The van der Waals surface area contributed by atoms with Crippen molar-refractivity contribution in [3.05, 3.63) is 0 Å². The fraction of sp³-hybridized carbons (Fsp3) is 0.842. The van der Waals surface area contributed by atoms with Gasteiger partial charge in [0.05, 0.1) is 12.2 Å². The summed E-state index contributed by atoms with van der Waals surface area (Å²) in [6, 6.07) is 0. The zero-order chi connectivity index (χ0) is 19.7. The van der Waals surface area contributed by atoms with Crippen molar-refractivity contribution in [2.75, 3.05) is 21.3 Å². The van der Waals surface area contributed by atoms with E-state index in [4.69, 9.17) is 9.47 Å². The van der Waals surface area contributed by atoms with Gasteiger partial charge < -0.3 is 14.2 Å². The molecule has 6 heteroatoms. The second-order valence-corrected chi connectivity index (χ2v) is 5.61. The van der Waals surface area contributed by atoms with Gasteiger partial charge in [0.1, 0.15) is 17.7 Å². The maximum absolute atomic E-state index is 10.5. The number of methoxy groups -OCH3 is 3. The summed E-state index contributed by atoms with van der Waals surface area (Å²) in [6.07, 6.45) is 1.95. The first-order valence-corrected chi connectivity index (χ1v) is 8.13. The highest BCUT2D eigenvalue weighted by Crippen LogP contribution is 2.01. The molecule has 0 rings (SSSR count). The van der Waals surface area contributed by atoms with Crippen LogP contribution in [0.3, 0.4) is 0 Å². The van der Waals surface area contributed by atoms with Gasteiger partial charge in [0.15, 0.2) is 5.78 Å². The number of hydrogen-bond donors (Lipinski definition) is 0. The molecule has 0 aliphatic heterocycles. The number of carbonyl (C=O) groups excluding carboxylic acids is 3. The highest BCUT2D eigenvalue weighted by molar-refractivity contribution is 5.79. The van der Waals surface area contributed by atoms with E-state index in [1.807, 2.05) is 13.8 Å². The molecule has 0 aromatic carbocycles. The Hall–Kier alpha value is -1.11. The minimum atomic E-state index is -0.236. The van der Waals surface area contributed by atoms with Crippen molar-refractivity contribution in [3.8, 4) is 0 Å². The average molecular weight is 365 g/mol. The van der Waals surface area contributed by atoms with Crippen molar-refractivity contribution in [2.45, 2.75) is 86.5 Å². The molecule has 0 aliphatic carbocycles. The van der Waals surface area contributed by atoms with Gasteiger partial charge in [-0.2, -0.15) is 0 Å². The number of rotatable bonds is 9. The van der Waals surface area contributed by atoms with E-state index in [9.17, 15) is 14.4 Å². The molecule has 0 aromatic rings. The molecule has 0 fully saturated rings. The second-order valence-electron chi connectivity index (χ2n) is 5.61. The van der Waals surface area contributed by atoms with Gasteiger partial charge in [-0.05, 0) is 41.0 Å². The SMILES string of the molecule is C.CCC(CC(C)=O)OC.COC(C)C(C)=O.COC(C)CC(C)=O. The van der Waals surface area contributed by atoms with E-state index in [0.29, 0.717) is 12.8 Å². The lowest BCUT2D eigenvalue weighted by Crippen LogP contribution is -2.14. The van der Waals surface area contributed by atoms with E-state index < -0.39 is 0 Å². The van der Waals surface area contributed by atoms with Crippen LogP contribution in [0.1, 0.15) is 68.2 Å². The van der Waals surface area contributed by atoms with Crippen molar-refractivity contribution in [3.63, 3.8) is 0 Å². The van der Waals surface area contributed by atoms with Gasteiger partial charge in [-0.3, -0.25) is 14.4 Å². The Morgan fingerprint density at radius 3 is 1.32 bits per heavy atom. The van der Waals surface area contributed by atoms with Crippen LogP contribution in [0.4, 0.5) is 0 Å². The largest absolute Gasteiger partial charge is 0.381 e. The molecule has 0 N–H and O–H groups in total. The Morgan fingerprint density at radius 2 is 1.24 bits per heavy atom. The van der Waals surface area contributed by atoms with Crippen molar-refractivity contribution in [2.24, 2.45) is 0 Å². The number of ether oxygens (including phenoxy) is 3. The molecule has 0 aromatic heterocycles. The van der Waals surface area contributed by atoms with Crippen molar-refractivity contribution in [1.29, 1.82) is 0 Å². The lowest BCUT2D eigenvalue weighted by atomic mass is 10.1. The lowest BCUT2D eigenvalue weighted by Gasteiger charge is -2.08. The molecule has 3 atom stereocenters. The summed E-state index contributed by atoms with van der Waals surface area (Å²) in [5.74, 6) is 0.450. The molecule has 3 unspecified atom stereocenters. The number of ketones is 3. The van der Waals surface area contributed by atoms with E-state index in [2.05, 4.69) is 4.74 Å². The van der Waals surface area contributed by atoms with Crippen LogP contribution in [-0.2, 0) is 28.6 Å². The Labute approximate surface area is 154 Å². The van der Waals surface area contributed by atoms with E-state index >= 15 is 0 Å². The smallest absolute Gasteiger partial charge is 0.158 e. The van der Waals surface area contributed by atoms with Gasteiger partial charge in [-0.1, -0.05) is 14.4 Å². The van der Waals surface area contributed by atoms with Crippen molar-refractivity contribution in [1.82, 2.24) is 0 Å². The fourth-order valence-corrected chi connectivity index (χ4v) is 1.37. The third-order valence-electron chi connectivity index (χ3n) is 3.21. The third kappa shape index (κ3) is 28.0. The molecule has 0 saturated carbocycles. The zero-order valence-corrected chi connectivity index (χ0v) is 16.8. The summed E-state index contributed by atoms with van der Waals surface area (Å²) >= 11 is 0. The van der Waals surface area contributed by atoms with Crippen LogP contribution in [0.15, 0.2) is 0 Å². The summed E-state index contributed by atoms with van der Waals surface area (Å²) in [6.45, 7) is 10.3. The Kier molecular flexibility index (Phi) is 26.5. The molecule has 0 amide bonds. The molecular formula is C19H40O6. The van der Waals surface area contributed by atoms with Gasteiger partial charge in [0.2, 0.25) is 0 Å². The van der Waals surface area contributed by atoms with Gasteiger partial charge in [0.25, 0.3) is 0 Å². The standard InChI is InChI=1S/C7H14O2.C6H12O2.C5H10O2.CH4/c1-4-7(9-3)5-6(2)8;1-5(7)4-6(2)8-3;1-4(6)5(2)7-3;/h7H,4-5H2,1-3H3;6H,4H2,1-3H3;5H,1-3H3;1H4. The monoisotopic (exact) mass is 364 g/mol. The van der Waals surface area contributed by atoms with Gasteiger partial charge in [-0.25, -0.2) is 0 Å². The van der Waals surface area contributed by atoms with Crippen LogP contribution in [0, 0.1) is 0 Å². The van der Waals surface area contributed by atoms with Gasteiger partial charge in [0, 0.05) is 34.2 Å². The average Bonchev–Trinajstić information content (AvgIpc) is 2.51. The maximum atomic E-state index is 10.5. The Balaban J connectivity index is -0.000000131. The van der Waals surface area contributed by atoms with E-state index in [-0.39, 0.29) is 43.1 Å². The molecule has 0 aliphatic rings. The number of carbonyl (C=O) groups is 3. The minimum Gasteiger partial charge on any atom is -0.381 e. The molecule has 0 radical (unpaired) electrons. The maximum Gasteiger partial charge on any atom is 0.158 e. The van der Waals surface area contributed by atoms with E-state index in [0.717, 1.165) is 6.42 Å². The first kappa shape index (κ1) is 31.6. The third-order valence-corrected chi connectivity index (χ3v) is 3.21. The molecule has 152 valence electrons. The normalized spacial score (nSPS) is 12.8. The first-order chi connectivity index (χ1) is 11.0. The van der Waals surface area contributed by atoms with E-state index in [1.54, 1.807) is 35.0 Å². The summed E-state index contributed by atoms with van der Waals surface area (Å²) in [4.78, 5) is 31.1.